The van der Waals surface area contributed by atoms with E-state index in [9.17, 15) is 4.39 Å². The Morgan fingerprint density at radius 2 is 2.12 bits per heavy atom. The van der Waals surface area contributed by atoms with E-state index < -0.39 is 0 Å². The summed E-state index contributed by atoms with van der Waals surface area (Å²) in [4.78, 5) is 6.84. The van der Waals surface area contributed by atoms with Crippen LogP contribution in [0, 0.1) is 17.1 Å². The first-order valence-electron chi connectivity index (χ1n) is 8.98. The number of hydrogen-bond acceptors (Lipinski definition) is 2. The minimum Gasteiger partial charge on any atom is -0.357 e. The number of hydrogen-bond donors (Lipinski definition) is 1. The van der Waals surface area contributed by atoms with Crippen molar-refractivity contribution in [3.8, 4) is 6.07 Å². The number of nitrogens with one attached hydrogen (secondary N) is 1. The average Bonchev–Trinajstić information content (AvgIpc) is 3.17. The third-order valence-electron chi connectivity index (χ3n) is 4.67. The molecule has 0 saturated carbocycles. The molecule has 1 heterocycles. The number of nitriles is 1. The maximum absolute atomic E-state index is 14.0. The molecule has 0 spiro atoms. The van der Waals surface area contributed by atoms with Gasteiger partial charge in [-0.15, -0.1) is 0 Å². The SMILES string of the molecule is CCNC(=NCc1cc(C#N)ccc1F)N1CCC(c2ccccc2)C1. The van der Waals surface area contributed by atoms with Gasteiger partial charge in [-0.3, -0.25) is 0 Å². The third kappa shape index (κ3) is 4.20. The van der Waals surface area contributed by atoms with Crippen molar-refractivity contribution in [1.29, 1.82) is 5.26 Å². The van der Waals surface area contributed by atoms with Gasteiger partial charge in [-0.2, -0.15) is 5.26 Å². The molecule has 1 aliphatic rings. The van der Waals surface area contributed by atoms with E-state index in [1.165, 1.54) is 17.7 Å². The molecule has 0 aliphatic carbocycles. The van der Waals surface area contributed by atoms with Crippen LogP contribution in [0.5, 0.6) is 0 Å². The summed E-state index contributed by atoms with van der Waals surface area (Å²) < 4.78 is 14.0. The number of guanidine groups is 1. The van der Waals surface area contributed by atoms with Gasteiger partial charge in [-0.05, 0) is 37.1 Å². The molecule has 0 bridgehead atoms. The molecular weight excluding hydrogens is 327 g/mol. The smallest absolute Gasteiger partial charge is 0.194 e. The van der Waals surface area contributed by atoms with Gasteiger partial charge in [-0.25, -0.2) is 9.38 Å². The van der Waals surface area contributed by atoms with E-state index in [0.717, 1.165) is 32.0 Å². The van der Waals surface area contributed by atoms with Gasteiger partial charge < -0.3 is 10.2 Å². The molecule has 1 fully saturated rings. The van der Waals surface area contributed by atoms with Crippen LogP contribution in [-0.2, 0) is 6.54 Å². The molecule has 1 unspecified atom stereocenters. The lowest BCUT2D eigenvalue weighted by Gasteiger charge is -2.22. The predicted octanol–water partition coefficient (Wildman–Crippen LogP) is 3.65. The van der Waals surface area contributed by atoms with E-state index in [2.05, 4.69) is 39.5 Å². The summed E-state index contributed by atoms with van der Waals surface area (Å²) in [6, 6.07) is 16.9. The molecule has 4 nitrogen and oxygen atoms in total. The molecule has 0 radical (unpaired) electrons. The third-order valence-corrected chi connectivity index (χ3v) is 4.67. The molecule has 1 N–H and O–H groups in total. The lowest BCUT2D eigenvalue weighted by atomic mass is 9.99. The maximum Gasteiger partial charge on any atom is 0.194 e. The summed E-state index contributed by atoms with van der Waals surface area (Å²) >= 11 is 0. The molecule has 3 rings (SSSR count). The van der Waals surface area contributed by atoms with Gasteiger partial charge in [0.2, 0.25) is 0 Å². The second-order valence-electron chi connectivity index (χ2n) is 6.43. The lowest BCUT2D eigenvalue weighted by molar-refractivity contribution is 0.485. The van der Waals surface area contributed by atoms with Gasteiger partial charge in [0.15, 0.2) is 5.96 Å². The fourth-order valence-corrected chi connectivity index (χ4v) is 3.30. The van der Waals surface area contributed by atoms with Crippen LogP contribution in [0.3, 0.4) is 0 Å². The van der Waals surface area contributed by atoms with Gasteiger partial charge in [0.1, 0.15) is 5.82 Å². The highest BCUT2D eigenvalue weighted by Gasteiger charge is 2.25. The Labute approximate surface area is 154 Å². The van der Waals surface area contributed by atoms with Gasteiger partial charge in [-0.1, -0.05) is 30.3 Å². The van der Waals surface area contributed by atoms with Crippen molar-refractivity contribution in [2.24, 2.45) is 4.99 Å². The number of aliphatic imine (C=N–C) groups is 1. The van der Waals surface area contributed by atoms with Crippen LogP contribution in [0.25, 0.3) is 0 Å². The predicted molar refractivity (Wildman–Crippen MR) is 101 cm³/mol. The van der Waals surface area contributed by atoms with Crippen molar-refractivity contribution in [3.05, 3.63) is 71.0 Å². The van der Waals surface area contributed by atoms with Crippen LogP contribution in [0.1, 0.15) is 36.0 Å². The van der Waals surface area contributed by atoms with Gasteiger partial charge >= 0.3 is 0 Å². The molecular formula is C21H23FN4. The van der Waals surface area contributed by atoms with E-state index in [0.29, 0.717) is 17.0 Å². The molecule has 1 atom stereocenters. The molecule has 0 amide bonds. The zero-order valence-electron chi connectivity index (χ0n) is 15.0. The fourth-order valence-electron chi connectivity index (χ4n) is 3.30. The largest absolute Gasteiger partial charge is 0.357 e. The lowest BCUT2D eigenvalue weighted by Crippen LogP contribution is -2.40. The molecule has 1 aliphatic heterocycles. The number of rotatable bonds is 4. The second-order valence-corrected chi connectivity index (χ2v) is 6.43. The molecule has 0 aromatic heterocycles. The van der Waals surface area contributed by atoms with Gasteiger partial charge in [0, 0.05) is 31.1 Å². The maximum atomic E-state index is 14.0. The number of nitrogens with zero attached hydrogens (tertiary/aromatic N) is 3. The normalized spacial score (nSPS) is 17.2. The van der Waals surface area contributed by atoms with Crippen LogP contribution in [0.4, 0.5) is 4.39 Å². The van der Waals surface area contributed by atoms with Crippen LogP contribution in [0.15, 0.2) is 53.5 Å². The molecule has 1 saturated heterocycles. The Morgan fingerprint density at radius 1 is 1.31 bits per heavy atom. The van der Waals surface area contributed by atoms with Crippen molar-refractivity contribution >= 4 is 5.96 Å². The summed E-state index contributed by atoms with van der Waals surface area (Å²) in [6.45, 7) is 4.82. The topological polar surface area (TPSA) is 51.4 Å². The van der Waals surface area contributed by atoms with Crippen molar-refractivity contribution < 1.29 is 4.39 Å². The highest BCUT2D eigenvalue weighted by molar-refractivity contribution is 5.80. The molecule has 2 aromatic carbocycles. The van der Waals surface area contributed by atoms with Gasteiger partial charge in [0.05, 0.1) is 18.2 Å². The monoisotopic (exact) mass is 350 g/mol. The van der Waals surface area contributed by atoms with E-state index in [4.69, 9.17) is 5.26 Å². The first kappa shape index (κ1) is 17.9. The number of benzene rings is 2. The summed E-state index contributed by atoms with van der Waals surface area (Å²) in [5.74, 6) is 0.957. The summed E-state index contributed by atoms with van der Waals surface area (Å²) in [7, 11) is 0. The van der Waals surface area contributed by atoms with Crippen LogP contribution in [-0.4, -0.2) is 30.5 Å². The number of halogens is 1. The van der Waals surface area contributed by atoms with E-state index in [1.54, 1.807) is 6.07 Å². The highest BCUT2D eigenvalue weighted by Crippen LogP contribution is 2.27. The Hall–Kier alpha value is -2.87. The minimum atomic E-state index is -0.327. The fraction of sp³-hybridized carbons (Fsp3) is 0.333. The Balaban J connectivity index is 1.73. The van der Waals surface area contributed by atoms with Crippen LogP contribution in [0.2, 0.25) is 0 Å². The van der Waals surface area contributed by atoms with Gasteiger partial charge in [0.25, 0.3) is 0 Å². The number of likely N-dealkylation sites (tertiary alicyclic amines) is 1. The van der Waals surface area contributed by atoms with Crippen molar-refractivity contribution in [3.63, 3.8) is 0 Å². The standard InChI is InChI=1S/C21H23FN4/c1-2-24-21(25-14-19-12-16(13-23)8-9-20(19)22)26-11-10-18(15-26)17-6-4-3-5-7-17/h3-9,12,18H,2,10-11,14-15H2,1H3,(H,24,25). The van der Waals surface area contributed by atoms with Crippen LogP contribution >= 0.6 is 0 Å². The zero-order chi connectivity index (χ0) is 18.4. The quantitative estimate of drug-likeness (QED) is 0.676. The highest BCUT2D eigenvalue weighted by atomic mass is 19.1. The van der Waals surface area contributed by atoms with E-state index in [-0.39, 0.29) is 12.4 Å². The van der Waals surface area contributed by atoms with E-state index >= 15 is 0 Å². The summed E-state index contributed by atoms with van der Waals surface area (Å²) in [6.07, 6.45) is 1.08. The summed E-state index contributed by atoms with van der Waals surface area (Å²) in [5.41, 5.74) is 2.24. The molecule has 5 heteroatoms. The molecule has 26 heavy (non-hydrogen) atoms. The van der Waals surface area contributed by atoms with E-state index in [1.807, 2.05) is 19.1 Å². The molecule has 2 aromatic rings. The first-order valence-corrected chi connectivity index (χ1v) is 8.98. The van der Waals surface area contributed by atoms with Crippen molar-refractivity contribution in [2.45, 2.75) is 25.8 Å². The van der Waals surface area contributed by atoms with Crippen LogP contribution < -0.4 is 5.32 Å². The second kappa shape index (κ2) is 8.48. The average molecular weight is 350 g/mol. The summed E-state index contributed by atoms with van der Waals surface area (Å²) in [5, 5.41) is 12.3. The molecule has 134 valence electrons. The Kier molecular flexibility index (Phi) is 5.85. The zero-order valence-corrected chi connectivity index (χ0v) is 15.0. The first-order chi connectivity index (χ1) is 12.7. The minimum absolute atomic E-state index is 0.218. The van der Waals surface area contributed by atoms with Crippen molar-refractivity contribution in [1.82, 2.24) is 10.2 Å². The Bertz CT molecular complexity index is 811. The van der Waals surface area contributed by atoms with Crippen molar-refractivity contribution in [2.75, 3.05) is 19.6 Å². The Morgan fingerprint density at radius 3 is 2.85 bits per heavy atom.